The van der Waals surface area contributed by atoms with Crippen molar-refractivity contribution in [3.05, 3.63) is 70.5 Å². The van der Waals surface area contributed by atoms with E-state index in [-0.39, 0.29) is 36.3 Å². The molecule has 0 radical (unpaired) electrons. The number of Topliss-reactive ketones (excluding diaryl/α,β-unsaturated/α-hetero) is 2. The van der Waals surface area contributed by atoms with Crippen LogP contribution in [-0.4, -0.2) is 24.0 Å². The summed E-state index contributed by atoms with van der Waals surface area (Å²) in [5, 5.41) is 2.55. The number of hydrogen-bond donors (Lipinski definition) is 1. The highest BCUT2D eigenvalue weighted by molar-refractivity contribution is 5.94. The van der Waals surface area contributed by atoms with Gasteiger partial charge in [0.25, 0.3) is 0 Å². The van der Waals surface area contributed by atoms with Gasteiger partial charge in [0.05, 0.1) is 5.92 Å². The van der Waals surface area contributed by atoms with Crippen LogP contribution in [0.25, 0.3) is 0 Å². The number of rotatable bonds is 6. The summed E-state index contributed by atoms with van der Waals surface area (Å²) in [4.78, 5) is 35.9. The molecule has 3 rings (SSSR count). The number of amides is 1. The number of nitrogens with one attached hydrogen (secondary N) is 1. The second-order valence-corrected chi connectivity index (χ2v) is 6.91. The maximum atomic E-state index is 14.5. The topological polar surface area (TPSA) is 63.2 Å². The van der Waals surface area contributed by atoms with E-state index in [1.165, 1.54) is 31.2 Å². The van der Waals surface area contributed by atoms with E-state index in [4.69, 9.17) is 0 Å². The lowest BCUT2D eigenvalue weighted by atomic mass is 9.83. The van der Waals surface area contributed by atoms with Gasteiger partial charge in [0.1, 0.15) is 23.2 Å². The van der Waals surface area contributed by atoms with Crippen LogP contribution in [0.15, 0.2) is 36.4 Å². The van der Waals surface area contributed by atoms with Crippen molar-refractivity contribution >= 4 is 17.5 Å². The maximum absolute atomic E-state index is 14.5. The van der Waals surface area contributed by atoms with Crippen molar-refractivity contribution in [2.75, 3.05) is 6.54 Å². The maximum Gasteiger partial charge on any atom is 0.224 e. The highest BCUT2D eigenvalue weighted by atomic mass is 19.1. The largest absolute Gasteiger partial charge is 0.355 e. The summed E-state index contributed by atoms with van der Waals surface area (Å²) in [5.41, 5.74) is 0.187. The van der Waals surface area contributed by atoms with Gasteiger partial charge in [-0.3, -0.25) is 14.4 Å². The number of carbonyl (C=O) groups excluding carboxylic acids is 3. The van der Waals surface area contributed by atoms with E-state index in [2.05, 4.69) is 5.32 Å². The van der Waals surface area contributed by atoms with Crippen molar-refractivity contribution in [2.45, 2.75) is 25.7 Å². The molecule has 146 valence electrons. The quantitative estimate of drug-likeness (QED) is 0.771. The molecule has 0 aromatic heterocycles. The van der Waals surface area contributed by atoms with E-state index < -0.39 is 41.0 Å². The standard InChI is InChI=1S/C21H18F3NO3/c1-11(26)13-7-18(23)20(19(24)8-13)17-10-25-21(28)16(17)9-15(27)6-12-2-4-14(22)5-3-12/h2-5,7-8,16-17H,6,9-10H2,1H3,(H,25,28)/t16-,17+/m0/s1. The Kier molecular flexibility index (Phi) is 5.63. The number of benzene rings is 2. The Hall–Kier alpha value is -2.96. The van der Waals surface area contributed by atoms with E-state index in [1.807, 2.05) is 0 Å². The molecule has 2 atom stereocenters. The number of carbonyl (C=O) groups is 3. The van der Waals surface area contributed by atoms with Crippen LogP contribution in [0.2, 0.25) is 0 Å². The van der Waals surface area contributed by atoms with Crippen LogP contribution >= 0.6 is 0 Å². The third kappa shape index (κ3) is 4.13. The molecule has 1 aliphatic rings. The van der Waals surface area contributed by atoms with Gasteiger partial charge in [0.15, 0.2) is 5.78 Å². The minimum absolute atomic E-state index is 0.000582. The van der Waals surface area contributed by atoms with Gasteiger partial charge in [-0.15, -0.1) is 0 Å². The molecule has 1 saturated heterocycles. The monoisotopic (exact) mass is 389 g/mol. The number of hydrogen-bond acceptors (Lipinski definition) is 3. The average Bonchev–Trinajstić information content (AvgIpc) is 2.97. The summed E-state index contributed by atoms with van der Waals surface area (Å²) >= 11 is 0. The molecule has 1 amide bonds. The third-order valence-corrected chi connectivity index (χ3v) is 4.94. The average molecular weight is 389 g/mol. The molecule has 0 unspecified atom stereocenters. The molecule has 1 heterocycles. The van der Waals surface area contributed by atoms with Crippen LogP contribution in [0.5, 0.6) is 0 Å². The molecule has 4 nitrogen and oxygen atoms in total. The van der Waals surface area contributed by atoms with Crippen LogP contribution in [0.1, 0.15) is 40.7 Å². The summed E-state index contributed by atoms with van der Waals surface area (Å²) in [6, 6.07) is 7.30. The Morgan fingerprint density at radius 1 is 1.07 bits per heavy atom. The predicted octanol–water partition coefficient (Wildman–Crippen LogP) is 3.34. The molecule has 28 heavy (non-hydrogen) atoms. The summed E-state index contributed by atoms with van der Waals surface area (Å²) < 4.78 is 42.0. The van der Waals surface area contributed by atoms with Gasteiger partial charge in [-0.25, -0.2) is 13.2 Å². The number of ketones is 2. The Labute approximate surface area is 159 Å². The van der Waals surface area contributed by atoms with Crippen LogP contribution in [0.4, 0.5) is 13.2 Å². The molecular formula is C21H18F3NO3. The van der Waals surface area contributed by atoms with E-state index in [0.717, 1.165) is 12.1 Å². The van der Waals surface area contributed by atoms with E-state index in [9.17, 15) is 27.6 Å². The van der Waals surface area contributed by atoms with Gasteiger partial charge in [-0.1, -0.05) is 12.1 Å². The Balaban J connectivity index is 1.81. The molecule has 1 fully saturated rings. The van der Waals surface area contributed by atoms with Crippen molar-refractivity contribution in [3.63, 3.8) is 0 Å². The van der Waals surface area contributed by atoms with Crippen molar-refractivity contribution in [1.29, 1.82) is 0 Å². The minimum atomic E-state index is -0.917. The smallest absolute Gasteiger partial charge is 0.224 e. The molecule has 0 bridgehead atoms. The van der Waals surface area contributed by atoms with Gasteiger partial charge in [-0.05, 0) is 36.8 Å². The fourth-order valence-corrected chi connectivity index (χ4v) is 3.49. The fourth-order valence-electron chi connectivity index (χ4n) is 3.49. The van der Waals surface area contributed by atoms with Crippen molar-refractivity contribution in [3.8, 4) is 0 Å². The van der Waals surface area contributed by atoms with Gasteiger partial charge >= 0.3 is 0 Å². The molecule has 2 aromatic rings. The molecule has 0 spiro atoms. The summed E-state index contributed by atoms with van der Waals surface area (Å²) in [6.45, 7) is 1.20. The second kappa shape index (κ2) is 7.96. The molecule has 1 aliphatic heterocycles. The third-order valence-electron chi connectivity index (χ3n) is 4.94. The molecule has 1 N–H and O–H groups in total. The van der Waals surface area contributed by atoms with E-state index in [0.29, 0.717) is 5.56 Å². The summed E-state index contributed by atoms with van der Waals surface area (Å²) in [6.07, 6.45) is -0.202. The van der Waals surface area contributed by atoms with Crippen molar-refractivity contribution < 1.29 is 27.6 Å². The molecule has 0 saturated carbocycles. The summed E-state index contributed by atoms with van der Waals surface area (Å²) in [5.74, 6) is -5.25. The second-order valence-electron chi connectivity index (χ2n) is 6.91. The van der Waals surface area contributed by atoms with Gasteiger partial charge < -0.3 is 5.32 Å². The molecule has 7 heteroatoms. The Morgan fingerprint density at radius 3 is 2.25 bits per heavy atom. The summed E-state index contributed by atoms with van der Waals surface area (Å²) in [7, 11) is 0. The predicted molar refractivity (Wildman–Crippen MR) is 95.3 cm³/mol. The first-order valence-corrected chi connectivity index (χ1v) is 8.80. The normalized spacial score (nSPS) is 18.8. The zero-order chi connectivity index (χ0) is 20.4. The molecule has 0 aliphatic carbocycles. The first-order chi connectivity index (χ1) is 13.3. The number of halogens is 3. The van der Waals surface area contributed by atoms with E-state index >= 15 is 0 Å². The Bertz CT molecular complexity index is 917. The lowest BCUT2D eigenvalue weighted by molar-refractivity contribution is -0.127. The van der Waals surface area contributed by atoms with Crippen LogP contribution < -0.4 is 5.32 Å². The lowest BCUT2D eigenvalue weighted by Crippen LogP contribution is -2.23. The minimum Gasteiger partial charge on any atom is -0.355 e. The molecule has 2 aromatic carbocycles. The van der Waals surface area contributed by atoms with Crippen LogP contribution in [0, 0.1) is 23.4 Å². The van der Waals surface area contributed by atoms with Crippen LogP contribution in [0.3, 0.4) is 0 Å². The van der Waals surface area contributed by atoms with Crippen LogP contribution in [-0.2, 0) is 16.0 Å². The zero-order valence-corrected chi connectivity index (χ0v) is 15.1. The fraction of sp³-hybridized carbons (Fsp3) is 0.286. The highest BCUT2D eigenvalue weighted by Gasteiger charge is 2.39. The first kappa shape index (κ1) is 19.8. The lowest BCUT2D eigenvalue weighted by Gasteiger charge is -2.18. The Morgan fingerprint density at radius 2 is 1.68 bits per heavy atom. The van der Waals surface area contributed by atoms with Gasteiger partial charge in [-0.2, -0.15) is 0 Å². The molecular weight excluding hydrogens is 371 g/mol. The van der Waals surface area contributed by atoms with Gasteiger partial charge in [0.2, 0.25) is 5.91 Å². The van der Waals surface area contributed by atoms with E-state index in [1.54, 1.807) is 0 Å². The highest BCUT2D eigenvalue weighted by Crippen LogP contribution is 2.35. The van der Waals surface area contributed by atoms with Gasteiger partial charge in [0, 0.05) is 36.4 Å². The van der Waals surface area contributed by atoms with Crippen molar-refractivity contribution in [2.24, 2.45) is 5.92 Å². The SMILES string of the molecule is CC(=O)c1cc(F)c([C@@H]2CNC(=O)[C@H]2CC(=O)Cc2ccc(F)cc2)c(F)c1. The first-order valence-electron chi connectivity index (χ1n) is 8.80. The van der Waals surface area contributed by atoms with Crippen molar-refractivity contribution in [1.82, 2.24) is 5.32 Å². The zero-order valence-electron chi connectivity index (χ0n) is 15.1.